The molecule has 0 radical (unpaired) electrons. The van der Waals surface area contributed by atoms with Crippen molar-refractivity contribution in [2.24, 2.45) is 41.1 Å². The van der Waals surface area contributed by atoms with Crippen molar-refractivity contribution in [3.63, 3.8) is 0 Å². The van der Waals surface area contributed by atoms with Crippen molar-refractivity contribution in [1.29, 1.82) is 5.41 Å². The van der Waals surface area contributed by atoms with Gasteiger partial charge in [-0.3, -0.25) is 15.1 Å². The fraction of sp³-hybridized carbons (Fsp3) is 0.929. The number of amidine groups is 1. The topological polar surface area (TPSA) is 108 Å². The molecule has 0 spiro atoms. The molecule has 0 aromatic heterocycles. The molecule has 5 fully saturated rings. The van der Waals surface area contributed by atoms with Crippen LogP contribution < -0.4 is 16.8 Å². The Morgan fingerprint density at radius 3 is 2.35 bits per heavy atom. The molecule has 4 aliphatic carbocycles. The minimum absolute atomic E-state index is 0.00216. The normalized spacial score (nSPS) is 43.0. The summed E-state index contributed by atoms with van der Waals surface area (Å²) in [6.07, 6.45) is 19.4. The van der Waals surface area contributed by atoms with Gasteiger partial charge in [-0.1, -0.05) is 32.1 Å². The number of carbonyl (C=O) groups is 1. The summed E-state index contributed by atoms with van der Waals surface area (Å²) in [7, 11) is 0. The zero-order valence-corrected chi connectivity index (χ0v) is 21.2. The van der Waals surface area contributed by atoms with Gasteiger partial charge in [0.25, 0.3) is 0 Å². The molecule has 7 unspecified atom stereocenters. The summed E-state index contributed by atoms with van der Waals surface area (Å²) in [6.45, 7) is 1.04. The van der Waals surface area contributed by atoms with Crippen LogP contribution in [0.15, 0.2) is 0 Å². The Bertz CT molecular complexity index is 720. The lowest BCUT2D eigenvalue weighted by atomic mass is 9.67. The van der Waals surface area contributed by atoms with Gasteiger partial charge >= 0.3 is 0 Å². The first-order valence-electron chi connectivity index (χ1n) is 14.6. The van der Waals surface area contributed by atoms with Gasteiger partial charge in [-0.25, -0.2) is 0 Å². The number of carbonyl (C=O) groups excluding carboxylic acids is 1. The van der Waals surface area contributed by atoms with E-state index in [0.717, 1.165) is 75.7 Å². The van der Waals surface area contributed by atoms with Gasteiger partial charge in [-0.2, -0.15) is 0 Å². The molecule has 192 valence electrons. The van der Waals surface area contributed by atoms with Crippen LogP contribution in [0.1, 0.15) is 103 Å². The maximum Gasteiger partial charge on any atom is 0.237 e. The number of fused-ring (bicyclic) bond motifs is 2. The highest BCUT2D eigenvalue weighted by Gasteiger charge is 2.47. The van der Waals surface area contributed by atoms with Crippen molar-refractivity contribution in [2.75, 3.05) is 6.54 Å². The molecule has 0 aromatic rings. The summed E-state index contributed by atoms with van der Waals surface area (Å²) in [5.74, 6) is 4.17. The summed E-state index contributed by atoms with van der Waals surface area (Å²) in [6, 6.07) is 1.02. The minimum Gasteiger partial charge on any atom is -0.387 e. The predicted molar refractivity (Wildman–Crippen MR) is 137 cm³/mol. The molecular weight excluding hydrogens is 422 g/mol. The molecule has 1 aliphatic heterocycles. The molecule has 1 amide bonds. The molecular formula is C28H49N5O. The minimum atomic E-state index is 0.00216. The van der Waals surface area contributed by atoms with E-state index in [1.807, 2.05) is 0 Å². The molecule has 0 aromatic carbocycles. The number of amides is 1. The van der Waals surface area contributed by atoms with Gasteiger partial charge in [-0.15, -0.1) is 0 Å². The number of rotatable bonds is 6. The Hall–Kier alpha value is -1.14. The highest BCUT2D eigenvalue weighted by molar-refractivity contribution is 5.83. The molecule has 5 aliphatic rings. The Morgan fingerprint density at radius 1 is 0.853 bits per heavy atom. The van der Waals surface area contributed by atoms with Crippen molar-refractivity contribution in [3.8, 4) is 0 Å². The molecule has 6 nitrogen and oxygen atoms in total. The zero-order valence-electron chi connectivity index (χ0n) is 21.2. The maximum absolute atomic E-state index is 13.6. The summed E-state index contributed by atoms with van der Waals surface area (Å²) in [4.78, 5) is 16.1. The third kappa shape index (κ3) is 5.48. The van der Waals surface area contributed by atoms with E-state index in [0.29, 0.717) is 29.9 Å². The average molecular weight is 472 g/mol. The second-order valence-corrected chi connectivity index (χ2v) is 12.7. The van der Waals surface area contributed by atoms with Gasteiger partial charge in [-0.05, 0) is 101 Å². The van der Waals surface area contributed by atoms with E-state index in [1.165, 1.54) is 51.4 Å². The summed E-state index contributed by atoms with van der Waals surface area (Å²) in [5, 5.41) is 11.5. The van der Waals surface area contributed by atoms with Crippen LogP contribution in [0.2, 0.25) is 0 Å². The van der Waals surface area contributed by atoms with E-state index in [4.69, 9.17) is 16.9 Å². The van der Waals surface area contributed by atoms with Crippen LogP contribution in [0.25, 0.3) is 0 Å². The third-order valence-electron chi connectivity index (χ3n) is 10.6. The second-order valence-electron chi connectivity index (χ2n) is 12.7. The first-order chi connectivity index (χ1) is 16.5. The average Bonchev–Trinajstić information content (AvgIpc) is 3.22. The quantitative estimate of drug-likeness (QED) is 0.344. The smallest absolute Gasteiger partial charge is 0.237 e. The SMILES string of the molecule is N=C(N)C1CCC2CC(C(=O)NC3CCC(N)CC3)N(CCC3CCC4CCCCC4C3)C2C1. The van der Waals surface area contributed by atoms with Crippen molar-refractivity contribution < 1.29 is 4.79 Å². The Labute approximate surface area is 206 Å². The largest absolute Gasteiger partial charge is 0.387 e. The number of nitrogens with zero attached hydrogens (tertiary/aromatic N) is 1. The molecule has 7 atom stereocenters. The van der Waals surface area contributed by atoms with Gasteiger partial charge < -0.3 is 16.8 Å². The summed E-state index contributed by atoms with van der Waals surface area (Å²) < 4.78 is 0. The number of hydrogen-bond acceptors (Lipinski definition) is 4. The van der Waals surface area contributed by atoms with Gasteiger partial charge in [0, 0.05) is 24.0 Å². The first kappa shape index (κ1) is 24.5. The van der Waals surface area contributed by atoms with Gasteiger partial charge in [0.05, 0.1) is 11.9 Å². The van der Waals surface area contributed by atoms with Crippen LogP contribution in [-0.4, -0.2) is 47.4 Å². The molecule has 5 rings (SSSR count). The van der Waals surface area contributed by atoms with Crippen LogP contribution in [0.5, 0.6) is 0 Å². The summed E-state index contributed by atoms with van der Waals surface area (Å²) >= 11 is 0. The lowest BCUT2D eigenvalue weighted by Crippen LogP contribution is -2.51. The molecule has 0 bridgehead atoms. The molecule has 6 N–H and O–H groups in total. The van der Waals surface area contributed by atoms with Crippen molar-refractivity contribution in [1.82, 2.24) is 10.2 Å². The number of nitrogens with two attached hydrogens (primary N) is 2. The van der Waals surface area contributed by atoms with E-state index < -0.39 is 0 Å². The van der Waals surface area contributed by atoms with E-state index >= 15 is 0 Å². The van der Waals surface area contributed by atoms with Crippen molar-refractivity contribution in [3.05, 3.63) is 0 Å². The molecule has 1 saturated heterocycles. The highest BCUT2D eigenvalue weighted by atomic mass is 16.2. The van der Waals surface area contributed by atoms with E-state index in [2.05, 4.69) is 10.2 Å². The number of nitrogens with one attached hydrogen (secondary N) is 2. The molecule has 4 saturated carbocycles. The predicted octanol–water partition coefficient (Wildman–Crippen LogP) is 4.16. The number of likely N-dealkylation sites (tertiary alicyclic amines) is 1. The zero-order chi connectivity index (χ0) is 23.7. The lowest BCUT2D eigenvalue weighted by Gasteiger charge is -2.41. The highest BCUT2D eigenvalue weighted by Crippen LogP contribution is 2.45. The number of hydrogen-bond donors (Lipinski definition) is 4. The standard InChI is InChI=1S/C28H49N5O/c29-23-9-11-24(12-10-23)32-28(34)26-16-21-7-8-22(27(30)31)17-25(21)33(26)14-13-18-5-6-19-3-1-2-4-20(19)15-18/h18-26H,1-17,29H2,(H3,30,31)(H,32,34). The fourth-order valence-corrected chi connectivity index (χ4v) is 8.53. The van der Waals surface area contributed by atoms with E-state index in [9.17, 15) is 4.79 Å². The van der Waals surface area contributed by atoms with Crippen LogP contribution in [0, 0.1) is 35.0 Å². The van der Waals surface area contributed by atoms with Crippen LogP contribution >= 0.6 is 0 Å². The molecule has 6 heteroatoms. The van der Waals surface area contributed by atoms with Crippen molar-refractivity contribution >= 4 is 11.7 Å². The maximum atomic E-state index is 13.6. The van der Waals surface area contributed by atoms with E-state index in [1.54, 1.807) is 0 Å². The Kier molecular flexibility index (Phi) is 7.84. The fourth-order valence-electron chi connectivity index (χ4n) is 8.53. The second kappa shape index (κ2) is 10.9. The lowest BCUT2D eigenvalue weighted by molar-refractivity contribution is -0.127. The van der Waals surface area contributed by atoms with Crippen LogP contribution in [0.3, 0.4) is 0 Å². The van der Waals surface area contributed by atoms with Gasteiger partial charge in [0.15, 0.2) is 0 Å². The van der Waals surface area contributed by atoms with Gasteiger partial charge in [0.2, 0.25) is 5.91 Å². The van der Waals surface area contributed by atoms with E-state index in [-0.39, 0.29) is 17.9 Å². The Balaban J connectivity index is 1.23. The van der Waals surface area contributed by atoms with Crippen LogP contribution in [0.4, 0.5) is 0 Å². The summed E-state index contributed by atoms with van der Waals surface area (Å²) in [5.41, 5.74) is 12.0. The third-order valence-corrected chi connectivity index (χ3v) is 10.6. The first-order valence-corrected chi connectivity index (χ1v) is 14.6. The van der Waals surface area contributed by atoms with Gasteiger partial charge in [0.1, 0.15) is 0 Å². The molecule has 34 heavy (non-hydrogen) atoms. The van der Waals surface area contributed by atoms with Crippen molar-refractivity contribution in [2.45, 2.75) is 127 Å². The monoisotopic (exact) mass is 471 g/mol. The van der Waals surface area contributed by atoms with Crippen LogP contribution in [-0.2, 0) is 4.79 Å². The molecule has 1 heterocycles. The Morgan fingerprint density at radius 2 is 1.59 bits per heavy atom.